The normalized spacial score (nSPS) is 11.4. The summed E-state index contributed by atoms with van der Waals surface area (Å²) in [6, 6.07) is 0. The molecule has 0 aliphatic carbocycles. The minimum atomic E-state index is -0.553. The van der Waals surface area contributed by atoms with Crippen LogP contribution in [0.5, 0.6) is 0 Å². The molecule has 1 amide bonds. The molecule has 2 rings (SSSR count). The first-order valence-electron chi connectivity index (χ1n) is 10.7. The number of hydrogen-bond donors (Lipinski definition) is 2. The molecule has 2 N–H and O–H groups in total. The lowest BCUT2D eigenvalue weighted by Gasteiger charge is -2.19. The third-order valence-corrected chi connectivity index (χ3v) is 6.09. The summed E-state index contributed by atoms with van der Waals surface area (Å²) in [7, 11) is 0. The Labute approximate surface area is 196 Å². The highest BCUT2D eigenvalue weighted by atomic mass is 32.1. The van der Waals surface area contributed by atoms with Crippen molar-refractivity contribution in [3.05, 3.63) is 21.5 Å². The number of alkyl carbamates (subject to hydrolysis) is 1. The maximum Gasteiger partial charge on any atom is 0.408 e. The fourth-order valence-electron chi connectivity index (χ4n) is 2.82. The molecule has 2 aromatic heterocycles. The zero-order chi connectivity index (χ0) is 23.6. The molecular weight excluding hydrogens is 450 g/mol. The number of thiazole rings is 2. The van der Waals surface area contributed by atoms with E-state index in [1.165, 1.54) is 22.7 Å². The molecule has 0 unspecified atom stereocenters. The van der Waals surface area contributed by atoms with Gasteiger partial charge >= 0.3 is 6.09 Å². The summed E-state index contributed by atoms with van der Waals surface area (Å²) >= 11 is 2.79. The number of amides is 1. The second-order valence-corrected chi connectivity index (χ2v) is 10.2. The van der Waals surface area contributed by atoms with Crippen molar-refractivity contribution < 1.29 is 24.2 Å². The Morgan fingerprint density at radius 2 is 1.69 bits per heavy atom. The van der Waals surface area contributed by atoms with Crippen molar-refractivity contribution in [1.82, 2.24) is 15.3 Å². The fraction of sp³-hybridized carbons (Fsp3) is 0.591. The van der Waals surface area contributed by atoms with Crippen LogP contribution in [0.4, 0.5) is 4.79 Å². The van der Waals surface area contributed by atoms with Gasteiger partial charge in [-0.1, -0.05) is 19.3 Å². The predicted octanol–water partition coefficient (Wildman–Crippen LogP) is 4.77. The molecule has 0 saturated heterocycles. The third kappa shape index (κ3) is 9.54. The summed E-state index contributed by atoms with van der Waals surface area (Å²) in [6.45, 7) is 5.30. The molecule has 0 radical (unpaired) electrons. The summed E-state index contributed by atoms with van der Waals surface area (Å²) in [5, 5.41) is 16.4. The highest BCUT2D eigenvalue weighted by Crippen LogP contribution is 2.26. The van der Waals surface area contributed by atoms with Crippen molar-refractivity contribution >= 4 is 40.3 Å². The molecule has 0 aliphatic heterocycles. The lowest BCUT2D eigenvalue weighted by molar-refractivity contribution is -0.121. The smallest absolute Gasteiger partial charge is 0.408 e. The second kappa shape index (κ2) is 12.8. The van der Waals surface area contributed by atoms with E-state index in [1.54, 1.807) is 26.2 Å². The van der Waals surface area contributed by atoms with E-state index in [4.69, 9.17) is 9.84 Å². The number of hydrogen-bond acceptors (Lipinski definition) is 9. The molecule has 176 valence electrons. The van der Waals surface area contributed by atoms with Crippen molar-refractivity contribution in [2.75, 3.05) is 6.61 Å². The summed E-state index contributed by atoms with van der Waals surface area (Å²) < 4.78 is 5.21. The average Bonchev–Trinajstić information content (AvgIpc) is 3.39. The van der Waals surface area contributed by atoms with Gasteiger partial charge in [-0.15, -0.1) is 22.7 Å². The van der Waals surface area contributed by atoms with Crippen molar-refractivity contribution in [2.24, 2.45) is 0 Å². The zero-order valence-electron chi connectivity index (χ0n) is 18.8. The van der Waals surface area contributed by atoms with E-state index < -0.39 is 11.7 Å². The van der Waals surface area contributed by atoms with Crippen LogP contribution in [0, 0.1) is 0 Å². The topological polar surface area (TPSA) is 118 Å². The fourth-order valence-corrected chi connectivity index (χ4v) is 4.39. The number of carbonyl (C=O) groups is 3. The molecule has 8 nitrogen and oxygen atoms in total. The Morgan fingerprint density at radius 1 is 1.00 bits per heavy atom. The van der Waals surface area contributed by atoms with Gasteiger partial charge in [-0.25, -0.2) is 14.8 Å². The van der Waals surface area contributed by atoms with Crippen LogP contribution in [-0.2, 0) is 16.1 Å². The largest absolute Gasteiger partial charge is 0.444 e. The number of rotatable bonds is 13. The first-order chi connectivity index (χ1) is 15.2. The molecule has 10 heteroatoms. The third-order valence-electron chi connectivity index (χ3n) is 4.38. The number of unbranched alkanes of at least 4 members (excludes halogenated alkanes) is 4. The lowest BCUT2D eigenvalue weighted by atomic mass is 10.1. The summed E-state index contributed by atoms with van der Waals surface area (Å²) in [4.78, 5) is 44.1. The van der Waals surface area contributed by atoms with Crippen molar-refractivity contribution in [2.45, 2.75) is 77.9 Å². The Morgan fingerprint density at radius 3 is 2.38 bits per heavy atom. The lowest BCUT2D eigenvalue weighted by Crippen LogP contribution is -2.32. The molecule has 0 fully saturated rings. The Hall–Kier alpha value is -2.17. The van der Waals surface area contributed by atoms with E-state index in [9.17, 15) is 14.4 Å². The molecule has 32 heavy (non-hydrogen) atoms. The van der Waals surface area contributed by atoms with E-state index in [1.807, 2.05) is 5.38 Å². The number of aliphatic hydroxyl groups excluding tert-OH is 1. The molecule has 0 aromatic carbocycles. The van der Waals surface area contributed by atoms with E-state index in [2.05, 4.69) is 15.3 Å². The van der Waals surface area contributed by atoms with Crippen LogP contribution in [-0.4, -0.2) is 44.9 Å². The Balaban J connectivity index is 1.73. The molecule has 0 spiro atoms. The first kappa shape index (κ1) is 26.1. The molecular formula is C22H31N3O5S2. The van der Waals surface area contributed by atoms with Crippen LogP contribution in [0.2, 0.25) is 0 Å². The molecule has 2 heterocycles. The number of carbonyl (C=O) groups excluding carboxylic acids is 3. The van der Waals surface area contributed by atoms with Gasteiger partial charge < -0.3 is 15.2 Å². The molecule has 0 aliphatic rings. The second-order valence-electron chi connectivity index (χ2n) is 8.41. The van der Waals surface area contributed by atoms with Gasteiger partial charge in [0.05, 0.1) is 6.54 Å². The van der Waals surface area contributed by atoms with Crippen molar-refractivity contribution in [3.8, 4) is 10.7 Å². The van der Waals surface area contributed by atoms with Gasteiger partial charge in [-0.2, -0.15) is 0 Å². The summed E-state index contributed by atoms with van der Waals surface area (Å²) in [5.74, 6) is -0.101. The molecule has 0 atom stereocenters. The standard InChI is InChI=1S/C22H31N3O5S2/c1-22(2,3)30-21(29)23-11-19-24-17(14-31-19)20-25-16(13-32-20)18(28)10-8-6-4-5-7-9-15(27)12-26/h13-14,26H,4-12H2,1-3H3,(H,23,29). The van der Waals surface area contributed by atoms with Gasteiger partial charge in [0.15, 0.2) is 11.6 Å². The summed E-state index contributed by atoms with van der Waals surface area (Å²) in [5.41, 5.74) is 0.598. The molecule has 0 saturated carbocycles. The van der Waals surface area contributed by atoms with E-state index in [0.717, 1.165) is 37.1 Å². The number of ether oxygens (including phenoxy) is 1. The number of nitrogens with one attached hydrogen (secondary N) is 1. The number of aromatic nitrogens is 2. The molecule has 0 bridgehead atoms. The number of nitrogens with zero attached hydrogens (tertiary/aromatic N) is 2. The Bertz CT molecular complexity index is 902. The maximum atomic E-state index is 12.4. The van der Waals surface area contributed by atoms with Gasteiger partial charge in [-0.3, -0.25) is 9.59 Å². The highest BCUT2D eigenvalue weighted by Gasteiger charge is 2.17. The number of aliphatic hydroxyl groups is 1. The van der Waals surface area contributed by atoms with Gasteiger partial charge in [0.1, 0.15) is 33.6 Å². The SMILES string of the molecule is CC(C)(C)OC(=O)NCc1nc(-c2nc(C(=O)CCCCCCCC(=O)CO)cs2)cs1. The maximum absolute atomic E-state index is 12.4. The molecule has 2 aromatic rings. The van der Waals surface area contributed by atoms with E-state index in [0.29, 0.717) is 29.2 Å². The van der Waals surface area contributed by atoms with Crippen LogP contribution < -0.4 is 5.32 Å². The summed E-state index contributed by atoms with van der Waals surface area (Å²) in [6.07, 6.45) is 4.77. The Kier molecular flexibility index (Phi) is 10.4. The average molecular weight is 482 g/mol. The van der Waals surface area contributed by atoms with E-state index >= 15 is 0 Å². The van der Waals surface area contributed by atoms with Gasteiger partial charge in [0.2, 0.25) is 0 Å². The minimum Gasteiger partial charge on any atom is -0.444 e. The number of ketones is 2. The van der Waals surface area contributed by atoms with Gasteiger partial charge in [0, 0.05) is 23.6 Å². The monoisotopic (exact) mass is 481 g/mol. The van der Waals surface area contributed by atoms with Crippen molar-refractivity contribution in [3.63, 3.8) is 0 Å². The van der Waals surface area contributed by atoms with Crippen LogP contribution in [0.1, 0.15) is 81.2 Å². The van der Waals surface area contributed by atoms with Crippen LogP contribution >= 0.6 is 22.7 Å². The minimum absolute atomic E-state index is 0.0185. The number of Topliss-reactive ketones (excluding diaryl/α,β-unsaturated/α-hetero) is 2. The van der Waals surface area contributed by atoms with E-state index in [-0.39, 0.29) is 24.7 Å². The zero-order valence-corrected chi connectivity index (χ0v) is 20.4. The highest BCUT2D eigenvalue weighted by molar-refractivity contribution is 7.14. The van der Waals surface area contributed by atoms with Crippen molar-refractivity contribution in [1.29, 1.82) is 0 Å². The van der Waals surface area contributed by atoms with Gasteiger partial charge in [-0.05, 0) is 33.6 Å². The van der Waals surface area contributed by atoms with Gasteiger partial charge in [0.25, 0.3) is 0 Å². The first-order valence-corrected chi connectivity index (χ1v) is 12.5. The quantitative estimate of drug-likeness (QED) is 0.312. The van der Waals surface area contributed by atoms with Crippen LogP contribution in [0.3, 0.4) is 0 Å². The predicted molar refractivity (Wildman–Crippen MR) is 125 cm³/mol. The van der Waals surface area contributed by atoms with Crippen LogP contribution in [0.25, 0.3) is 10.7 Å². The van der Waals surface area contributed by atoms with Crippen LogP contribution in [0.15, 0.2) is 10.8 Å².